The van der Waals surface area contributed by atoms with Crippen LogP contribution in [0.2, 0.25) is 28.2 Å². The minimum Gasteiger partial charge on any atom is -0.469 e. The highest BCUT2D eigenvalue weighted by Gasteiger charge is 2.64. The summed E-state index contributed by atoms with van der Waals surface area (Å²) in [4.78, 5) is 12.4. The first-order chi connectivity index (χ1) is 16.2. The van der Waals surface area contributed by atoms with Crippen molar-refractivity contribution < 1.29 is 32.3 Å². The van der Waals surface area contributed by atoms with Crippen LogP contribution < -0.4 is 0 Å². The third-order valence-electron chi connectivity index (χ3n) is 8.91. The Labute approximate surface area is 221 Å². The van der Waals surface area contributed by atoms with Gasteiger partial charge in [0.15, 0.2) is 8.32 Å². The molecule has 36 heavy (non-hydrogen) atoms. The second kappa shape index (κ2) is 10.0. The number of carbonyl (C=O) groups excluding carboxylic acids is 1. The van der Waals surface area contributed by atoms with Gasteiger partial charge in [0.05, 0.1) is 50.7 Å². The van der Waals surface area contributed by atoms with E-state index in [1.54, 1.807) is 0 Å². The van der Waals surface area contributed by atoms with E-state index in [0.29, 0.717) is 6.61 Å². The van der Waals surface area contributed by atoms with E-state index in [-0.39, 0.29) is 70.0 Å². The van der Waals surface area contributed by atoms with Crippen molar-refractivity contribution in [1.82, 2.24) is 0 Å². The summed E-state index contributed by atoms with van der Waals surface area (Å²) in [5.74, 6) is -0.221. The van der Waals surface area contributed by atoms with Gasteiger partial charge in [-0.2, -0.15) is 0 Å². The summed E-state index contributed by atoms with van der Waals surface area (Å²) in [5, 5.41) is -0.149. The molecule has 3 fully saturated rings. The maximum atomic E-state index is 12.4. The second-order valence-electron chi connectivity index (χ2n) is 14.7. The molecule has 3 rings (SSSR count). The van der Waals surface area contributed by atoms with E-state index in [2.05, 4.69) is 82.3 Å². The van der Waals surface area contributed by atoms with Crippen molar-refractivity contribution in [3.8, 4) is 0 Å². The molecular weight excluding hydrogens is 492 g/mol. The highest BCUT2D eigenvalue weighted by atomic mass is 28.4. The molecule has 3 heterocycles. The number of hydrogen-bond donors (Lipinski definition) is 0. The lowest BCUT2D eigenvalue weighted by Crippen LogP contribution is -2.69. The largest absolute Gasteiger partial charge is 0.469 e. The van der Waals surface area contributed by atoms with Gasteiger partial charge in [0, 0.05) is 22.4 Å². The Hall–Kier alpha value is -0.296. The normalized spacial score (nSPS) is 35.5. The molecule has 0 aromatic rings. The fourth-order valence-electron chi connectivity index (χ4n) is 6.06. The maximum Gasteiger partial charge on any atom is 0.349 e. The average molecular weight is 545 g/mol. The molecule has 0 aromatic carbocycles. The molecule has 0 bridgehead atoms. The zero-order valence-electron chi connectivity index (χ0n) is 25.0. The molecule has 7 atom stereocenters. The topological polar surface area (TPSA) is 72.5 Å². The molecule has 3 aliphatic rings. The monoisotopic (exact) mass is 544 g/mol. The van der Waals surface area contributed by atoms with Crippen molar-refractivity contribution in [3.05, 3.63) is 0 Å². The fourth-order valence-corrected chi connectivity index (χ4v) is 12.4. The molecule has 9 heteroatoms. The molecule has 0 spiro atoms. The Morgan fingerprint density at radius 1 is 0.944 bits per heavy atom. The highest BCUT2D eigenvalue weighted by molar-refractivity contribution is 6.74. The van der Waals surface area contributed by atoms with Crippen LogP contribution in [0.3, 0.4) is 0 Å². The van der Waals surface area contributed by atoms with Crippen LogP contribution in [0.4, 0.5) is 0 Å². The number of fused-ring (bicyclic) bond motifs is 2. The Morgan fingerprint density at radius 3 is 2.03 bits per heavy atom. The van der Waals surface area contributed by atoms with Crippen molar-refractivity contribution in [3.63, 3.8) is 0 Å². The van der Waals surface area contributed by atoms with Gasteiger partial charge >= 0.3 is 14.5 Å². The summed E-state index contributed by atoms with van der Waals surface area (Å²) in [7, 11) is -3.31. The van der Waals surface area contributed by atoms with Crippen LogP contribution in [0.25, 0.3) is 0 Å². The SMILES string of the molecule is COC(=O)C[C@@H]1O[C@H]2C[C@H]3O[Si](C(C)(C)C)(C(C)(C)C)OC[C@H]3O[C@H]2[C@H](C)[C@H]1O[Si](C)(C)C(C)(C)C. The first-order valence-electron chi connectivity index (χ1n) is 13.6. The lowest BCUT2D eigenvalue weighted by Gasteiger charge is -2.58. The minimum atomic E-state index is -2.61. The van der Waals surface area contributed by atoms with Gasteiger partial charge in [-0.25, -0.2) is 0 Å². The predicted molar refractivity (Wildman–Crippen MR) is 146 cm³/mol. The number of esters is 1. The predicted octanol–water partition coefficient (Wildman–Crippen LogP) is 5.96. The van der Waals surface area contributed by atoms with Crippen molar-refractivity contribution in [2.45, 2.75) is 147 Å². The van der Waals surface area contributed by atoms with Crippen LogP contribution in [0.1, 0.15) is 82.1 Å². The van der Waals surface area contributed by atoms with Gasteiger partial charge in [-0.3, -0.25) is 4.79 Å². The third-order valence-corrected chi connectivity index (χ3v) is 18.5. The Kier molecular flexibility index (Phi) is 8.42. The van der Waals surface area contributed by atoms with E-state index in [0.717, 1.165) is 6.42 Å². The molecule has 0 unspecified atom stereocenters. The van der Waals surface area contributed by atoms with Crippen LogP contribution in [-0.4, -0.2) is 73.2 Å². The molecular formula is C27H52O7Si2. The van der Waals surface area contributed by atoms with Crippen LogP contribution in [-0.2, 0) is 32.3 Å². The van der Waals surface area contributed by atoms with Gasteiger partial charge in [0.25, 0.3) is 0 Å². The van der Waals surface area contributed by atoms with Crippen LogP contribution in [0.5, 0.6) is 0 Å². The van der Waals surface area contributed by atoms with E-state index in [4.69, 9.17) is 27.5 Å². The lowest BCUT2D eigenvalue weighted by atomic mass is 9.82. The van der Waals surface area contributed by atoms with E-state index in [1.165, 1.54) is 7.11 Å². The lowest BCUT2D eigenvalue weighted by molar-refractivity contribution is -0.273. The molecule has 0 aromatic heterocycles. The average Bonchev–Trinajstić information content (AvgIpc) is 2.72. The molecule has 0 aliphatic carbocycles. The van der Waals surface area contributed by atoms with E-state index in [9.17, 15) is 4.79 Å². The fraction of sp³-hybridized carbons (Fsp3) is 0.963. The standard InChI is InChI=1S/C27H52O7Si2/c1-17-23-19(31-20(15-22(28)29-11)24(17)34-35(12,13)25(2,3)4)14-18-21(32-23)16-30-36(33-18,26(5,6)7)27(8,9)10/h17-21,23-24H,14-16H2,1-13H3/t17-,18+,19-,20-,21+,23-,24+/m0/s1. The summed E-state index contributed by atoms with van der Waals surface area (Å²) in [6.07, 6.45) is -0.248. The Bertz CT molecular complexity index is 781. The summed E-state index contributed by atoms with van der Waals surface area (Å²) in [6.45, 7) is 27.2. The van der Waals surface area contributed by atoms with Gasteiger partial charge in [-0.15, -0.1) is 0 Å². The van der Waals surface area contributed by atoms with Crippen molar-refractivity contribution in [2.75, 3.05) is 13.7 Å². The number of ether oxygens (including phenoxy) is 3. The van der Waals surface area contributed by atoms with E-state index < -0.39 is 16.9 Å². The number of hydrogen-bond acceptors (Lipinski definition) is 7. The van der Waals surface area contributed by atoms with Crippen molar-refractivity contribution in [2.24, 2.45) is 5.92 Å². The quantitative estimate of drug-likeness (QED) is 0.319. The molecule has 7 nitrogen and oxygen atoms in total. The van der Waals surface area contributed by atoms with Gasteiger partial charge in [-0.1, -0.05) is 69.2 Å². The Morgan fingerprint density at radius 2 is 1.53 bits per heavy atom. The molecule has 0 saturated carbocycles. The zero-order valence-corrected chi connectivity index (χ0v) is 27.0. The maximum absolute atomic E-state index is 12.4. The van der Waals surface area contributed by atoms with Gasteiger partial charge in [-0.05, 0) is 18.1 Å². The van der Waals surface area contributed by atoms with Crippen LogP contribution >= 0.6 is 0 Å². The molecule has 3 saturated heterocycles. The molecule has 0 radical (unpaired) electrons. The van der Waals surface area contributed by atoms with Gasteiger partial charge in [0.2, 0.25) is 0 Å². The van der Waals surface area contributed by atoms with Gasteiger partial charge < -0.3 is 27.5 Å². The molecule has 3 aliphatic heterocycles. The van der Waals surface area contributed by atoms with Crippen LogP contribution in [0.15, 0.2) is 0 Å². The summed E-state index contributed by atoms with van der Waals surface area (Å²) in [5.41, 5.74) is 0. The number of carbonyl (C=O) groups is 1. The minimum absolute atomic E-state index is 0.0385. The van der Waals surface area contributed by atoms with Crippen molar-refractivity contribution in [1.29, 1.82) is 0 Å². The van der Waals surface area contributed by atoms with Crippen molar-refractivity contribution >= 4 is 22.8 Å². The van der Waals surface area contributed by atoms with E-state index >= 15 is 0 Å². The summed E-state index contributed by atoms with van der Waals surface area (Å²) in [6, 6.07) is 0. The number of methoxy groups -OCH3 is 1. The molecule has 210 valence electrons. The Balaban J connectivity index is 1.88. The highest BCUT2D eigenvalue weighted by Crippen LogP contribution is 2.55. The molecule has 0 N–H and O–H groups in total. The van der Waals surface area contributed by atoms with E-state index in [1.807, 2.05) is 0 Å². The zero-order chi connectivity index (χ0) is 27.5. The second-order valence-corrected chi connectivity index (χ2v) is 24.2. The smallest absolute Gasteiger partial charge is 0.349 e. The first-order valence-corrected chi connectivity index (χ1v) is 18.3. The molecule has 0 amide bonds. The van der Waals surface area contributed by atoms with Gasteiger partial charge in [0.1, 0.15) is 6.10 Å². The van der Waals surface area contributed by atoms with Crippen LogP contribution in [0, 0.1) is 5.92 Å². The third kappa shape index (κ3) is 5.53. The number of rotatable bonds is 4. The summed E-state index contributed by atoms with van der Waals surface area (Å²) < 4.78 is 38.9. The first kappa shape index (κ1) is 30.2. The summed E-state index contributed by atoms with van der Waals surface area (Å²) >= 11 is 0.